The lowest BCUT2D eigenvalue weighted by molar-refractivity contribution is -0.134. The molecule has 0 heterocycles. The molecule has 0 aliphatic rings. The summed E-state index contributed by atoms with van der Waals surface area (Å²) >= 11 is 0. The molecule has 0 saturated heterocycles. The van der Waals surface area contributed by atoms with Gasteiger partial charge in [0.2, 0.25) is 0 Å². The lowest BCUT2D eigenvalue weighted by Gasteiger charge is -1.83. The van der Waals surface area contributed by atoms with Crippen LogP contribution in [0.25, 0.3) is 0 Å². The Balaban J connectivity index is 4.20. The van der Waals surface area contributed by atoms with Gasteiger partial charge in [0.05, 0.1) is 0 Å². The van der Waals surface area contributed by atoms with Crippen molar-refractivity contribution in [3.63, 3.8) is 0 Å². The quantitative estimate of drug-likeness (QED) is 0.369. The smallest absolute Gasteiger partial charge is 0.398 e. The highest BCUT2D eigenvalue weighted by atomic mass is 16.6. The number of carbonyl (C=O) groups is 1. The normalized spacial score (nSPS) is 10.0. The van der Waals surface area contributed by atoms with Gasteiger partial charge in [-0.25, -0.2) is 9.90 Å². The molecule has 0 rings (SSSR count). The number of nitriles is 1. The third-order valence-corrected chi connectivity index (χ3v) is 0.482. The van der Waals surface area contributed by atoms with Crippen LogP contribution in [0.4, 0.5) is 0 Å². The molecule has 0 N–H and O–H groups in total. The van der Waals surface area contributed by atoms with Gasteiger partial charge in [-0.15, -0.1) is 0 Å². The Morgan fingerprint density at radius 3 is 2.44 bits per heavy atom. The highest BCUT2D eigenvalue weighted by Crippen LogP contribution is 1.77. The number of carbonyl (C=O) groups excluding carboxylic acids is 1. The van der Waals surface area contributed by atoms with E-state index in [4.69, 9.17) is 5.26 Å². The molecule has 5 nitrogen and oxygen atoms in total. The summed E-state index contributed by atoms with van der Waals surface area (Å²) in [7, 11) is 1.14. The molecule has 0 aromatic rings. The van der Waals surface area contributed by atoms with Gasteiger partial charge in [-0.1, -0.05) is 5.16 Å². The summed E-state index contributed by atoms with van der Waals surface area (Å²) in [5.74, 6) is -1.64. The van der Waals surface area contributed by atoms with Crippen molar-refractivity contribution in [3.8, 4) is 6.07 Å². The molecule has 47 valence electrons. The second kappa shape index (κ2) is 3.43. The van der Waals surface area contributed by atoms with Crippen LogP contribution in [0.1, 0.15) is 0 Å². The number of hydrogen-bond donors (Lipinski definition) is 0. The fourth-order valence-corrected chi connectivity index (χ4v) is 0.195. The van der Waals surface area contributed by atoms with E-state index >= 15 is 0 Å². The maximum absolute atomic E-state index is 9.78. The lowest BCUT2D eigenvalue weighted by atomic mass is 10.4. The Bertz CT molecular complexity index is 179. The first kappa shape index (κ1) is 7.43. The molecule has 0 fully saturated rings. The van der Waals surface area contributed by atoms with Crippen LogP contribution in [0.2, 0.25) is 0 Å². The van der Waals surface area contributed by atoms with Crippen molar-refractivity contribution >= 4 is 11.7 Å². The van der Waals surface area contributed by atoms with E-state index in [9.17, 15) is 9.90 Å². The minimum absolute atomic E-state index is 0.766. The summed E-state index contributed by atoms with van der Waals surface area (Å²) in [6.45, 7) is 0. The van der Waals surface area contributed by atoms with Crippen LogP contribution >= 0.6 is 0 Å². The molecule has 1 radical (unpaired) electrons. The predicted octanol–water partition coefficient (Wildman–Crippen LogP) is -0.531. The molecule has 0 aromatic heterocycles. The maximum atomic E-state index is 9.78. The van der Waals surface area contributed by atoms with Gasteiger partial charge in [0.25, 0.3) is 5.71 Å². The monoisotopic (exact) mass is 127 g/mol. The van der Waals surface area contributed by atoms with Crippen LogP contribution in [0, 0.1) is 11.3 Å². The summed E-state index contributed by atoms with van der Waals surface area (Å²) in [6.07, 6.45) is 0. The zero-order valence-corrected chi connectivity index (χ0v) is 4.62. The third-order valence-electron chi connectivity index (χ3n) is 0.482. The summed E-state index contributed by atoms with van der Waals surface area (Å²) < 4.78 is 0. The summed E-state index contributed by atoms with van der Waals surface area (Å²) in [5.41, 5.74) is -0.766. The van der Waals surface area contributed by atoms with Crippen molar-refractivity contribution in [2.45, 2.75) is 0 Å². The summed E-state index contributed by atoms with van der Waals surface area (Å²) in [4.78, 5) is 13.8. The predicted molar refractivity (Wildman–Crippen MR) is 25.8 cm³/mol. The van der Waals surface area contributed by atoms with E-state index < -0.39 is 11.7 Å². The van der Waals surface area contributed by atoms with Crippen molar-refractivity contribution in [1.29, 1.82) is 5.26 Å². The van der Waals surface area contributed by atoms with Crippen LogP contribution in [0.15, 0.2) is 5.16 Å². The molecule has 5 heteroatoms. The Labute approximate surface area is 51.1 Å². The van der Waals surface area contributed by atoms with Gasteiger partial charge in [-0.05, 0) is 0 Å². The topological polar surface area (TPSA) is 82.3 Å². The average Bonchev–Trinajstić information content (AvgIpc) is 1.82. The SMILES string of the molecule is CO/N=C(/C#N)C([O])=O. The van der Waals surface area contributed by atoms with Crippen LogP contribution in [-0.4, -0.2) is 18.8 Å². The molecule has 0 bridgehead atoms. The average molecular weight is 127 g/mol. The highest BCUT2D eigenvalue weighted by Gasteiger charge is 2.09. The first-order valence-corrected chi connectivity index (χ1v) is 1.95. The van der Waals surface area contributed by atoms with E-state index in [1.807, 2.05) is 0 Å². The van der Waals surface area contributed by atoms with E-state index in [1.165, 1.54) is 6.07 Å². The van der Waals surface area contributed by atoms with Gasteiger partial charge >= 0.3 is 5.97 Å². The molecule has 0 aliphatic heterocycles. The van der Waals surface area contributed by atoms with E-state index in [2.05, 4.69) is 9.99 Å². The van der Waals surface area contributed by atoms with E-state index in [0.29, 0.717) is 0 Å². The van der Waals surface area contributed by atoms with Gasteiger partial charge in [-0.3, -0.25) is 0 Å². The van der Waals surface area contributed by atoms with Gasteiger partial charge in [0.15, 0.2) is 0 Å². The molecule has 0 spiro atoms. The molecule has 0 unspecified atom stereocenters. The molecule has 0 aromatic carbocycles. The Morgan fingerprint density at radius 1 is 1.78 bits per heavy atom. The van der Waals surface area contributed by atoms with Crippen LogP contribution in [0.5, 0.6) is 0 Å². The molecule has 0 saturated carbocycles. The molecule has 0 amide bonds. The van der Waals surface area contributed by atoms with E-state index in [0.717, 1.165) is 7.11 Å². The third kappa shape index (κ3) is 2.29. The van der Waals surface area contributed by atoms with E-state index in [1.54, 1.807) is 0 Å². The van der Waals surface area contributed by atoms with Gasteiger partial charge in [0, 0.05) is 0 Å². The first-order chi connectivity index (χ1) is 4.22. The second-order valence-electron chi connectivity index (χ2n) is 1.02. The van der Waals surface area contributed by atoms with Crippen LogP contribution in [-0.2, 0) is 14.7 Å². The molecule has 9 heavy (non-hydrogen) atoms. The standard InChI is InChI=1S/C4H3N2O3/c1-9-6-3(2-5)4(7)8/h1H3/b6-3-. The Morgan fingerprint density at radius 2 is 2.33 bits per heavy atom. The fraction of sp³-hybridized carbons (Fsp3) is 0.250. The fourth-order valence-electron chi connectivity index (χ4n) is 0.195. The Kier molecular flexibility index (Phi) is 2.84. The number of rotatable bonds is 2. The second-order valence-corrected chi connectivity index (χ2v) is 1.02. The zero-order chi connectivity index (χ0) is 7.28. The van der Waals surface area contributed by atoms with Gasteiger partial charge in [-0.2, -0.15) is 5.26 Å². The molecular weight excluding hydrogens is 124 g/mol. The Hall–Kier alpha value is -1.57. The molecular formula is C4H3N2O3. The minimum Gasteiger partial charge on any atom is -0.398 e. The van der Waals surface area contributed by atoms with Crippen LogP contribution in [0.3, 0.4) is 0 Å². The molecule has 0 aliphatic carbocycles. The van der Waals surface area contributed by atoms with Crippen LogP contribution < -0.4 is 0 Å². The summed E-state index contributed by atoms with van der Waals surface area (Å²) in [5, 5.41) is 20.6. The first-order valence-electron chi connectivity index (χ1n) is 1.95. The largest absolute Gasteiger partial charge is 0.418 e. The van der Waals surface area contributed by atoms with Crippen molar-refractivity contribution in [2.75, 3.05) is 7.11 Å². The van der Waals surface area contributed by atoms with Crippen molar-refractivity contribution in [3.05, 3.63) is 0 Å². The zero-order valence-electron chi connectivity index (χ0n) is 4.62. The number of oxime groups is 1. The lowest BCUT2D eigenvalue weighted by Crippen LogP contribution is -2.08. The van der Waals surface area contributed by atoms with Gasteiger partial charge < -0.3 is 4.84 Å². The number of nitrogens with zero attached hydrogens (tertiary/aromatic N) is 2. The number of hydrogen-bond acceptors (Lipinski definition) is 4. The van der Waals surface area contributed by atoms with Crippen molar-refractivity contribution < 1.29 is 14.7 Å². The summed E-state index contributed by atoms with van der Waals surface area (Å²) in [6, 6.07) is 1.27. The van der Waals surface area contributed by atoms with Crippen molar-refractivity contribution in [1.82, 2.24) is 0 Å². The van der Waals surface area contributed by atoms with Crippen molar-refractivity contribution in [2.24, 2.45) is 5.16 Å². The highest BCUT2D eigenvalue weighted by molar-refractivity contribution is 6.41. The maximum Gasteiger partial charge on any atom is 0.418 e. The van der Waals surface area contributed by atoms with Gasteiger partial charge in [0.1, 0.15) is 13.2 Å². The van der Waals surface area contributed by atoms with E-state index in [-0.39, 0.29) is 0 Å². The molecule has 0 atom stereocenters. The minimum atomic E-state index is -1.64.